The predicted molar refractivity (Wildman–Crippen MR) is 71.5 cm³/mol. The highest BCUT2D eigenvalue weighted by Gasteiger charge is 2.68. The summed E-state index contributed by atoms with van der Waals surface area (Å²) in [6.45, 7) is 1.96. The zero-order chi connectivity index (χ0) is 13.3. The molecule has 3 aliphatic carbocycles. The standard InChI is InChI=1S/C14H19NO3S/c1-6-15(9(5-19-6)14(17)18)13(16)12-10-7-2-3-8(4-7)11(10)12/h6-12H,2-5H2,1H3,(H,17,18). The molecule has 1 aliphatic heterocycles. The number of carbonyl (C=O) groups is 2. The third-order valence-corrected chi connectivity index (χ3v) is 7.00. The highest BCUT2D eigenvalue weighted by Crippen LogP contribution is 2.69. The Bertz CT molecular complexity index is 438. The molecule has 1 amide bonds. The second-order valence-corrected chi connectivity index (χ2v) is 7.89. The average Bonchev–Trinajstić information content (AvgIpc) is 2.72. The van der Waals surface area contributed by atoms with Crippen molar-refractivity contribution in [3.05, 3.63) is 0 Å². The van der Waals surface area contributed by atoms with Gasteiger partial charge in [0.25, 0.3) is 0 Å². The first kappa shape index (κ1) is 12.1. The number of hydrogen-bond acceptors (Lipinski definition) is 3. The smallest absolute Gasteiger partial charge is 0.327 e. The van der Waals surface area contributed by atoms with Gasteiger partial charge >= 0.3 is 5.97 Å². The number of amides is 1. The van der Waals surface area contributed by atoms with E-state index < -0.39 is 12.0 Å². The van der Waals surface area contributed by atoms with Crippen LogP contribution in [0.3, 0.4) is 0 Å². The van der Waals surface area contributed by atoms with Gasteiger partial charge in [-0.3, -0.25) is 4.79 Å². The van der Waals surface area contributed by atoms with Gasteiger partial charge in [0.15, 0.2) is 0 Å². The molecule has 4 fully saturated rings. The van der Waals surface area contributed by atoms with Crippen molar-refractivity contribution in [1.82, 2.24) is 4.90 Å². The monoisotopic (exact) mass is 281 g/mol. The lowest BCUT2D eigenvalue weighted by molar-refractivity contribution is -0.149. The molecular formula is C14H19NO3S. The van der Waals surface area contributed by atoms with E-state index in [0.29, 0.717) is 17.6 Å². The third-order valence-electron chi connectivity index (χ3n) is 5.78. The number of thioether (sulfide) groups is 1. The Kier molecular flexibility index (Phi) is 2.48. The van der Waals surface area contributed by atoms with Gasteiger partial charge in [-0.15, -0.1) is 11.8 Å². The highest BCUT2D eigenvalue weighted by molar-refractivity contribution is 8.00. The van der Waals surface area contributed by atoms with Crippen LogP contribution in [-0.2, 0) is 9.59 Å². The molecule has 4 nitrogen and oxygen atoms in total. The molecule has 3 saturated carbocycles. The van der Waals surface area contributed by atoms with E-state index in [0.717, 1.165) is 11.8 Å². The maximum absolute atomic E-state index is 12.7. The molecule has 0 aromatic carbocycles. The fourth-order valence-electron chi connectivity index (χ4n) is 4.99. The largest absolute Gasteiger partial charge is 0.480 e. The summed E-state index contributed by atoms with van der Waals surface area (Å²) in [5.74, 6) is 2.70. The molecule has 0 aromatic heterocycles. The number of carboxylic acid groups (broad SMARTS) is 1. The van der Waals surface area contributed by atoms with Gasteiger partial charge < -0.3 is 10.0 Å². The van der Waals surface area contributed by atoms with Gasteiger partial charge in [-0.1, -0.05) is 0 Å². The van der Waals surface area contributed by atoms with E-state index in [2.05, 4.69) is 0 Å². The van der Waals surface area contributed by atoms with Crippen molar-refractivity contribution in [3.8, 4) is 0 Å². The number of aliphatic carboxylic acids is 1. The quantitative estimate of drug-likeness (QED) is 0.836. The molecule has 19 heavy (non-hydrogen) atoms. The summed E-state index contributed by atoms with van der Waals surface area (Å²) in [7, 11) is 0. The minimum absolute atomic E-state index is 0.0209. The molecular weight excluding hydrogens is 262 g/mol. The van der Waals surface area contributed by atoms with E-state index >= 15 is 0 Å². The van der Waals surface area contributed by atoms with Crippen LogP contribution in [0.2, 0.25) is 0 Å². The van der Waals surface area contributed by atoms with E-state index in [1.54, 1.807) is 16.7 Å². The number of rotatable bonds is 2. The third kappa shape index (κ3) is 1.54. The van der Waals surface area contributed by atoms with Gasteiger partial charge in [0.1, 0.15) is 6.04 Å². The fraction of sp³-hybridized carbons (Fsp3) is 0.857. The van der Waals surface area contributed by atoms with Crippen molar-refractivity contribution < 1.29 is 14.7 Å². The molecule has 0 aromatic rings. The number of carbonyl (C=O) groups excluding carboxylic acids is 1. The summed E-state index contributed by atoms with van der Waals surface area (Å²) in [5, 5.41) is 9.29. The van der Waals surface area contributed by atoms with Crippen LogP contribution in [0.15, 0.2) is 0 Å². The molecule has 0 spiro atoms. The Morgan fingerprint density at radius 1 is 1.21 bits per heavy atom. The molecule has 6 atom stereocenters. The maximum Gasteiger partial charge on any atom is 0.327 e. The van der Waals surface area contributed by atoms with Crippen molar-refractivity contribution in [2.75, 3.05) is 5.75 Å². The Balaban J connectivity index is 1.53. The first-order chi connectivity index (χ1) is 9.09. The van der Waals surface area contributed by atoms with Gasteiger partial charge in [0.2, 0.25) is 5.91 Å². The molecule has 1 heterocycles. The van der Waals surface area contributed by atoms with Crippen molar-refractivity contribution in [1.29, 1.82) is 0 Å². The SMILES string of the molecule is CC1SCC(C(=O)O)N1C(=O)C1C2C3CCC(C3)C12. The number of fused-ring (bicyclic) bond motifs is 5. The van der Waals surface area contributed by atoms with Crippen LogP contribution in [0.1, 0.15) is 26.2 Å². The predicted octanol–water partition coefficient (Wildman–Crippen LogP) is 1.65. The molecule has 6 unspecified atom stereocenters. The topological polar surface area (TPSA) is 57.6 Å². The first-order valence-corrected chi connectivity index (χ1v) is 8.31. The molecule has 1 N–H and O–H groups in total. The van der Waals surface area contributed by atoms with E-state index in [1.165, 1.54) is 19.3 Å². The summed E-state index contributed by atoms with van der Waals surface area (Å²) in [6.07, 6.45) is 3.91. The minimum Gasteiger partial charge on any atom is -0.480 e. The van der Waals surface area contributed by atoms with Crippen LogP contribution in [0.25, 0.3) is 0 Å². The summed E-state index contributed by atoms with van der Waals surface area (Å²) >= 11 is 1.58. The zero-order valence-electron chi connectivity index (χ0n) is 11.0. The van der Waals surface area contributed by atoms with Crippen LogP contribution < -0.4 is 0 Å². The van der Waals surface area contributed by atoms with Crippen molar-refractivity contribution in [2.24, 2.45) is 29.6 Å². The van der Waals surface area contributed by atoms with Crippen LogP contribution in [0, 0.1) is 29.6 Å². The van der Waals surface area contributed by atoms with Crippen LogP contribution in [-0.4, -0.2) is 39.1 Å². The molecule has 104 valence electrons. The second kappa shape index (κ2) is 3.90. The van der Waals surface area contributed by atoms with E-state index in [9.17, 15) is 14.7 Å². The summed E-state index contributed by atoms with van der Waals surface area (Å²) < 4.78 is 0. The van der Waals surface area contributed by atoms with Gasteiger partial charge in [0, 0.05) is 11.7 Å². The Labute approximate surface area is 116 Å². The van der Waals surface area contributed by atoms with Crippen LogP contribution in [0.5, 0.6) is 0 Å². The van der Waals surface area contributed by atoms with Crippen LogP contribution >= 0.6 is 11.8 Å². The van der Waals surface area contributed by atoms with Gasteiger partial charge in [-0.05, 0) is 49.9 Å². The minimum atomic E-state index is -0.848. The van der Waals surface area contributed by atoms with Crippen molar-refractivity contribution in [2.45, 2.75) is 37.6 Å². The summed E-state index contributed by atoms with van der Waals surface area (Å²) in [5.41, 5.74) is 0. The maximum atomic E-state index is 12.7. The van der Waals surface area contributed by atoms with Crippen molar-refractivity contribution >= 4 is 23.6 Å². The Morgan fingerprint density at radius 3 is 2.42 bits per heavy atom. The molecule has 1 saturated heterocycles. The number of hydrogen-bond donors (Lipinski definition) is 1. The molecule has 4 aliphatic rings. The van der Waals surface area contributed by atoms with Gasteiger partial charge in [0.05, 0.1) is 5.37 Å². The lowest BCUT2D eigenvalue weighted by Crippen LogP contribution is -2.46. The van der Waals surface area contributed by atoms with Crippen LogP contribution in [0.4, 0.5) is 0 Å². The average molecular weight is 281 g/mol. The number of nitrogens with zero attached hydrogens (tertiary/aromatic N) is 1. The second-order valence-electron chi connectivity index (χ2n) is 6.55. The molecule has 2 bridgehead atoms. The van der Waals surface area contributed by atoms with E-state index in [-0.39, 0.29) is 17.2 Å². The molecule has 0 radical (unpaired) electrons. The van der Waals surface area contributed by atoms with E-state index in [1.807, 2.05) is 6.92 Å². The normalized spacial score (nSPS) is 50.4. The fourth-order valence-corrected chi connectivity index (χ4v) is 6.17. The molecule has 4 rings (SSSR count). The summed E-state index contributed by atoms with van der Waals surface area (Å²) in [4.78, 5) is 25.7. The van der Waals surface area contributed by atoms with Gasteiger partial charge in [-0.25, -0.2) is 4.79 Å². The van der Waals surface area contributed by atoms with Gasteiger partial charge in [-0.2, -0.15) is 0 Å². The Morgan fingerprint density at radius 2 is 1.84 bits per heavy atom. The zero-order valence-corrected chi connectivity index (χ0v) is 11.8. The van der Waals surface area contributed by atoms with Crippen molar-refractivity contribution in [3.63, 3.8) is 0 Å². The lowest BCUT2D eigenvalue weighted by atomic mass is 10.0. The Hall–Kier alpha value is -0.710. The lowest BCUT2D eigenvalue weighted by Gasteiger charge is -2.26. The molecule has 5 heteroatoms. The summed E-state index contributed by atoms with van der Waals surface area (Å²) in [6, 6.07) is -0.605. The first-order valence-electron chi connectivity index (χ1n) is 7.26. The highest BCUT2D eigenvalue weighted by atomic mass is 32.2. The number of carboxylic acids is 1. The van der Waals surface area contributed by atoms with E-state index in [4.69, 9.17) is 0 Å².